The number of esters is 1. The van der Waals surface area contributed by atoms with E-state index in [1.807, 2.05) is 37.3 Å². The van der Waals surface area contributed by atoms with Crippen LogP contribution in [0.15, 0.2) is 77.1 Å². The second-order valence-electron chi connectivity index (χ2n) is 8.09. The van der Waals surface area contributed by atoms with Gasteiger partial charge in [-0.2, -0.15) is 11.8 Å². The number of carbonyl (C=O) groups excluding carboxylic acids is 2. The lowest BCUT2D eigenvalue weighted by atomic mass is 9.75. The van der Waals surface area contributed by atoms with Crippen LogP contribution in [0.4, 0.5) is 0 Å². The number of allylic oxidation sites excluding steroid dienone is 3. The summed E-state index contributed by atoms with van der Waals surface area (Å²) < 4.78 is 5.62. The molecule has 0 bridgehead atoms. The van der Waals surface area contributed by atoms with Gasteiger partial charge < -0.3 is 10.1 Å². The predicted molar refractivity (Wildman–Crippen MR) is 130 cm³/mol. The third-order valence-corrected chi connectivity index (χ3v) is 6.88. The molecule has 0 fully saturated rings. The highest BCUT2D eigenvalue weighted by Crippen LogP contribution is 2.42. The molecule has 0 unspecified atom stereocenters. The highest BCUT2D eigenvalue weighted by molar-refractivity contribution is 7.99. The van der Waals surface area contributed by atoms with Crippen LogP contribution >= 0.6 is 11.8 Å². The van der Waals surface area contributed by atoms with Gasteiger partial charge in [-0.05, 0) is 42.2 Å². The standard InChI is InChI=1S/C27H29NO3S/c1-3-32-17-16-31-27(30)24-18(2)28-22-10-7-11-23(29)26(22)25(24)21-14-12-20(13-15-21)19-8-5-4-6-9-19/h4-6,8-9,12-15,25,28H,3,7,10-11,16-17H2,1-2H3/t25-/m0/s1. The number of carbonyl (C=O) groups is 2. The van der Waals surface area contributed by atoms with Crippen molar-refractivity contribution >= 4 is 23.5 Å². The monoisotopic (exact) mass is 447 g/mol. The van der Waals surface area contributed by atoms with Gasteiger partial charge in [-0.1, -0.05) is 61.5 Å². The number of thioether (sulfide) groups is 1. The van der Waals surface area contributed by atoms with Crippen molar-refractivity contribution in [1.82, 2.24) is 5.32 Å². The number of rotatable bonds is 7. The Labute approximate surface area is 194 Å². The van der Waals surface area contributed by atoms with E-state index < -0.39 is 5.92 Å². The molecular weight excluding hydrogens is 418 g/mol. The van der Waals surface area contributed by atoms with Crippen molar-refractivity contribution in [3.8, 4) is 11.1 Å². The smallest absolute Gasteiger partial charge is 0.336 e. The first kappa shape index (κ1) is 22.4. The summed E-state index contributed by atoms with van der Waals surface area (Å²) in [5.74, 6) is 1.15. The molecule has 4 nitrogen and oxygen atoms in total. The van der Waals surface area contributed by atoms with E-state index in [2.05, 4.69) is 36.5 Å². The fourth-order valence-electron chi connectivity index (χ4n) is 4.50. The van der Waals surface area contributed by atoms with Crippen molar-refractivity contribution in [1.29, 1.82) is 0 Å². The molecule has 1 heterocycles. The van der Waals surface area contributed by atoms with Crippen LogP contribution in [0.25, 0.3) is 11.1 Å². The Balaban J connectivity index is 1.70. The van der Waals surface area contributed by atoms with Crippen molar-refractivity contribution in [3.05, 3.63) is 82.7 Å². The zero-order chi connectivity index (χ0) is 22.5. The summed E-state index contributed by atoms with van der Waals surface area (Å²) in [5.41, 5.74) is 6.20. The molecule has 32 heavy (non-hydrogen) atoms. The van der Waals surface area contributed by atoms with Crippen molar-refractivity contribution in [2.75, 3.05) is 18.1 Å². The van der Waals surface area contributed by atoms with Crippen molar-refractivity contribution in [2.24, 2.45) is 0 Å². The molecule has 4 rings (SSSR count). The van der Waals surface area contributed by atoms with Crippen molar-refractivity contribution < 1.29 is 14.3 Å². The normalized spacial score (nSPS) is 18.3. The second kappa shape index (κ2) is 10.2. The van der Waals surface area contributed by atoms with Crippen molar-refractivity contribution in [3.63, 3.8) is 0 Å². The van der Waals surface area contributed by atoms with Crippen LogP contribution < -0.4 is 5.32 Å². The number of ether oxygens (including phenoxy) is 1. The Kier molecular flexibility index (Phi) is 7.15. The topological polar surface area (TPSA) is 55.4 Å². The Morgan fingerprint density at radius 1 is 1.06 bits per heavy atom. The van der Waals surface area contributed by atoms with Crippen LogP contribution in [-0.4, -0.2) is 29.9 Å². The summed E-state index contributed by atoms with van der Waals surface area (Å²) in [7, 11) is 0. The molecule has 0 aromatic heterocycles. The van der Waals surface area contributed by atoms with Crippen LogP contribution in [0.3, 0.4) is 0 Å². The fourth-order valence-corrected chi connectivity index (χ4v) is 4.99. The van der Waals surface area contributed by atoms with Gasteiger partial charge in [0.15, 0.2) is 5.78 Å². The first-order valence-corrected chi connectivity index (χ1v) is 12.4. The van der Waals surface area contributed by atoms with Gasteiger partial charge >= 0.3 is 5.97 Å². The Morgan fingerprint density at radius 2 is 1.78 bits per heavy atom. The van der Waals surface area contributed by atoms with Crippen LogP contribution in [0, 0.1) is 0 Å². The van der Waals surface area contributed by atoms with Crippen LogP contribution in [0.1, 0.15) is 44.6 Å². The minimum atomic E-state index is -0.393. The maximum atomic E-state index is 13.2. The summed E-state index contributed by atoms with van der Waals surface area (Å²) in [6.45, 7) is 4.36. The summed E-state index contributed by atoms with van der Waals surface area (Å²) >= 11 is 1.74. The maximum absolute atomic E-state index is 13.2. The number of hydrogen-bond acceptors (Lipinski definition) is 5. The maximum Gasteiger partial charge on any atom is 0.336 e. The zero-order valence-corrected chi connectivity index (χ0v) is 19.5. The van der Waals surface area contributed by atoms with E-state index >= 15 is 0 Å². The average Bonchev–Trinajstić information content (AvgIpc) is 2.82. The Morgan fingerprint density at radius 3 is 2.50 bits per heavy atom. The van der Waals surface area contributed by atoms with Gasteiger partial charge in [0.25, 0.3) is 0 Å². The molecule has 166 valence electrons. The fraction of sp³-hybridized carbons (Fsp3) is 0.333. The largest absolute Gasteiger partial charge is 0.461 e. The number of hydrogen-bond donors (Lipinski definition) is 1. The molecule has 1 N–H and O–H groups in total. The molecule has 0 radical (unpaired) electrons. The first-order chi connectivity index (χ1) is 15.6. The Bertz CT molecular complexity index is 1050. The first-order valence-electron chi connectivity index (χ1n) is 11.2. The van der Waals surface area contributed by atoms with Gasteiger partial charge in [-0.15, -0.1) is 0 Å². The summed E-state index contributed by atoms with van der Waals surface area (Å²) in [5, 5.41) is 3.35. The van der Waals surface area contributed by atoms with Crippen LogP contribution in [-0.2, 0) is 14.3 Å². The highest BCUT2D eigenvalue weighted by Gasteiger charge is 2.39. The molecule has 1 aliphatic carbocycles. The third-order valence-electron chi connectivity index (χ3n) is 6.01. The second-order valence-corrected chi connectivity index (χ2v) is 9.48. The van der Waals surface area contributed by atoms with E-state index in [4.69, 9.17) is 4.74 Å². The molecule has 2 aromatic rings. The third kappa shape index (κ3) is 4.68. The summed E-state index contributed by atoms with van der Waals surface area (Å²) in [4.78, 5) is 26.2. The molecule has 2 aromatic carbocycles. The van der Waals surface area contributed by atoms with Crippen LogP contribution in [0.5, 0.6) is 0 Å². The molecule has 0 saturated carbocycles. The van der Waals surface area contributed by atoms with E-state index in [9.17, 15) is 9.59 Å². The van der Waals surface area contributed by atoms with Gasteiger partial charge in [-0.25, -0.2) is 4.79 Å². The van der Waals surface area contributed by atoms with E-state index in [-0.39, 0.29) is 11.8 Å². The lowest BCUT2D eigenvalue weighted by molar-refractivity contribution is -0.138. The summed E-state index contributed by atoms with van der Waals surface area (Å²) in [6.07, 6.45) is 2.19. The SMILES string of the molecule is CCSCCOC(=O)C1=C(C)NC2=C(C(=O)CCC2)[C@H]1c1ccc(-c2ccccc2)cc1. The molecule has 0 amide bonds. The van der Waals surface area contributed by atoms with E-state index in [1.54, 1.807) is 11.8 Å². The highest BCUT2D eigenvalue weighted by atomic mass is 32.2. The predicted octanol–water partition coefficient (Wildman–Crippen LogP) is 5.62. The zero-order valence-electron chi connectivity index (χ0n) is 18.6. The van der Waals surface area contributed by atoms with Crippen LogP contribution in [0.2, 0.25) is 0 Å². The van der Waals surface area contributed by atoms with E-state index in [0.717, 1.165) is 58.0 Å². The van der Waals surface area contributed by atoms with Gasteiger partial charge in [0.05, 0.1) is 5.57 Å². The van der Waals surface area contributed by atoms with Gasteiger partial charge in [0.2, 0.25) is 0 Å². The average molecular weight is 448 g/mol. The van der Waals surface area contributed by atoms with E-state index in [0.29, 0.717) is 18.6 Å². The molecule has 5 heteroatoms. The molecule has 1 atom stereocenters. The minimum Gasteiger partial charge on any atom is -0.461 e. The number of Topliss-reactive ketones (excluding diaryl/α,β-unsaturated/α-hetero) is 1. The number of benzene rings is 2. The molecule has 0 saturated heterocycles. The van der Waals surface area contributed by atoms with Gasteiger partial charge in [0, 0.05) is 35.1 Å². The van der Waals surface area contributed by atoms with Gasteiger partial charge in [0.1, 0.15) is 6.61 Å². The number of nitrogens with one attached hydrogen (secondary N) is 1. The number of ketones is 1. The molecule has 2 aliphatic rings. The van der Waals surface area contributed by atoms with Gasteiger partial charge in [-0.3, -0.25) is 4.79 Å². The lowest BCUT2D eigenvalue weighted by Crippen LogP contribution is -2.34. The Hall–Kier alpha value is -2.79. The lowest BCUT2D eigenvalue weighted by Gasteiger charge is -2.34. The number of dihydropyridines is 1. The molecule has 1 aliphatic heterocycles. The quantitative estimate of drug-likeness (QED) is 0.441. The van der Waals surface area contributed by atoms with Crippen molar-refractivity contribution in [2.45, 2.75) is 39.0 Å². The summed E-state index contributed by atoms with van der Waals surface area (Å²) in [6, 6.07) is 18.4. The molecule has 0 spiro atoms. The van der Waals surface area contributed by atoms with E-state index in [1.165, 1.54) is 0 Å². The minimum absolute atomic E-state index is 0.121. The molecular formula is C27H29NO3S.